The second-order valence-corrected chi connectivity index (χ2v) is 7.61. The van der Waals surface area contributed by atoms with Crippen LogP contribution in [0.25, 0.3) is 11.5 Å². The van der Waals surface area contributed by atoms with Crippen molar-refractivity contribution in [2.24, 2.45) is 0 Å². The van der Waals surface area contributed by atoms with E-state index in [1.807, 2.05) is 31.2 Å². The van der Waals surface area contributed by atoms with Crippen LogP contribution in [0.3, 0.4) is 0 Å². The van der Waals surface area contributed by atoms with E-state index in [1.54, 1.807) is 4.90 Å². The number of halogens is 3. The van der Waals surface area contributed by atoms with Crippen LogP contribution in [0.4, 0.5) is 23.7 Å². The van der Waals surface area contributed by atoms with Crippen LogP contribution in [-0.4, -0.2) is 34.2 Å². The lowest BCUT2D eigenvalue weighted by Crippen LogP contribution is -2.41. The molecule has 1 atom stereocenters. The molecule has 0 bridgehead atoms. The number of urea groups is 1. The van der Waals surface area contributed by atoms with Crippen LogP contribution >= 0.6 is 0 Å². The molecule has 1 fully saturated rings. The quantitative estimate of drug-likeness (QED) is 0.598. The fourth-order valence-electron chi connectivity index (χ4n) is 3.61. The maximum absolute atomic E-state index is 12.7. The number of carbonyl (C=O) groups is 1. The molecule has 1 aliphatic heterocycles. The molecule has 0 spiro atoms. The summed E-state index contributed by atoms with van der Waals surface area (Å²) in [7, 11) is 0. The number of nitrogens with one attached hydrogen (secondary N) is 1. The standard InChI is InChI=1S/C22H21F3N4O2/c1-14-4-2-6-18(12-14)26-21(30)29-11-3-5-16(13-29)20-28-27-19(31-20)15-7-9-17(10-8-15)22(23,24)25/h2,4,6-10,12,16H,3,5,11,13H2,1H3,(H,26,30). The van der Waals surface area contributed by atoms with E-state index in [9.17, 15) is 18.0 Å². The minimum atomic E-state index is -4.40. The average molecular weight is 430 g/mol. The minimum absolute atomic E-state index is 0.132. The lowest BCUT2D eigenvalue weighted by Gasteiger charge is -2.31. The predicted molar refractivity (Wildman–Crippen MR) is 108 cm³/mol. The van der Waals surface area contributed by atoms with Crippen molar-refractivity contribution in [1.29, 1.82) is 0 Å². The van der Waals surface area contributed by atoms with E-state index < -0.39 is 11.7 Å². The highest BCUT2D eigenvalue weighted by Gasteiger charge is 2.31. The second kappa shape index (κ2) is 8.41. The molecule has 31 heavy (non-hydrogen) atoms. The number of anilines is 1. The van der Waals surface area contributed by atoms with Crippen molar-refractivity contribution in [3.63, 3.8) is 0 Å². The van der Waals surface area contributed by atoms with E-state index in [0.717, 1.165) is 36.2 Å². The lowest BCUT2D eigenvalue weighted by molar-refractivity contribution is -0.137. The molecule has 2 aromatic carbocycles. The summed E-state index contributed by atoms with van der Waals surface area (Å²) in [6.07, 6.45) is -2.84. The van der Waals surface area contributed by atoms with Gasteiger partial charge in [-0.3, -0.25) is 0 Å². The van der Waals surface area contributed by atoms with Crippen LogP contribution in [0.1, 0.15) is 35.8 Å². The monoisotopic (exact) mass is 430 g/mol. The summed E-state index contributed by atoms with van der Waals surface area (Å²) in [4.78, 5) is 14.4. The summed E-state index contributed by atoms with van der Waals surface area (Å²) in [6, 6.07) is 12.0. The number of likely N-dealkylation sites (tertiary alicyclic amines) is 1. The molecule has 162 valence electrons. The first kappa shape index (κ1) is 20.9. The molecule has 0 saturated carbocycles. The summed E-state index contributed by atoms with van der Waals surface area (Å²) in [5.74, 6) is 0.403. The number of piperidine rings is 1. The molecule has 0 radical (unpaired) electrons. The maximum atomic E-state index is 12.7. The molecule has 9 heteroatoms. The molecule has 0 aliphatic carbocycles. The zero-order valence-electron chi connectivity index (χ0n) is 16.8. The fraction of sp³-hybridized carbons (Fsp3) is 0.318. The van der Waals surface area contributed by atoms with Crippen molar-refractivity contribution in [2.75, 3.05) is 18.4 Å². The van der Waals surface area contributed by atoms with Crippen LogP contribution < -0.4 is 5.32 Å². The Kier molecular flexibility index (Phi) is 5.67. The Hall–Kier alpha value is -3.36. The highest BCUT2D eigenvalue weighted by molar-refractivity contribution is 5.89. The first-order valence-electron chi connectivity index (χ1n) is 9.93. The molecule has 3 aromatic rings. The Morgan fingerprint density at radius 2 is 1.94 bits per heavy atom. The van der Waals surface area contributed by atoms with Crippen molar-refractivity contribution < 1.29 is 22.4 Å². The Morgan fingerprint density at radius 3 is 2.65 bits per heavy atom. The van der Waals surface area contributed by atoms with Crippen molar-refractivity contribution in [3.05, 3.63) is 65.5 Å². The number of hydrogen-bond donors (Lipinski definition) is 1. The van der Waals surface area contributed by atoms with Gasteiger partial charge in [0.15, 0.2) is 0 Å². The largest absolute Gasteiger partial charge is 0.420 e. The first-order valence-corrected chi connectivity index (χ1v) is 9.93. The van der Waals surface area contributed by atoms with Crippen LogP contribution in [-0.2, 0) is 6.18 Å². The van der Waals surface area contributed by atoms with Crippen molar-refractivity contribution in [1.82, 2.24) is 15.1 Å². The van der Waals surface area contributed by atoms with Crippen molar-refractivity contribution in [3.8, 4) is 11.5 Å². The van der Waals surface area contributed by atoms with E-state index in [4.69, 9.17) is 4.42 Å². The number of carbonyl (C=O) groups excluding carboxylic acids is 1. The number of nitrogens with zero attached hydrogens (tertiary/aromatic N) is 3. The second-order valence-electron chi connectivity index (χ2n) is 7.61. The summed E-state index contributed by atoms with van der Waals surface area (Å²) in [6.45, 7) is 3.00. The van der Waals surface area contributed by atoms with E-state index in [-0.39, 0.29) is 17.8 Å². The molecule has 1 N–H and O–H groups in total. The van der Waals surface area contributed by atoms with Gasteiger partial charge in [-0.15, -0.1) is 10.2 Å². The molecule has 1 aromatic heterocycles. The van der Waals surface area contributed by atoms with Gasteiger partial charge >= 0.3 is 12.2 Å². The zero-order valence-corrected chi connectivity index (χ0v) is 16.8. The van der Waals surface area contributed by atoms with E-state index in [0.29, 0.717) is 24.5 Å². The third-order valence-electron chi connectivity index (χ3n) is 5.23. The molecule has 6 nitrogen and oxygen atoms in total. The number of rotatable bonds is 3. The van der Waals surface area contributed by atoms with Gasteiger partial charge in [-0.05, 0) is 61.7 Å². The van der Waals surface area contributed by atoms with E-state index in [1.165, 1.54) is 12.1 Å². The summed E-state index contributed by atoms with van der Waals surface area (Å²) in [5, 5.41) is 11.0. The molecule has 2 amide bonds. The molecular formula is C22H21F3N4O2. The van der Waals surface area contributed by atoms with Gasteiger partial charge in [-0.1, -0.05) is 12.1 Å². The third-order valence-corrected chi connectivity index (χ3v) is 5.23. The number of aromatic nitrogens is 2. The Morgan fingerprint density at radius 1 is 1.16 bits per heavy atom. The number of hydrogen-bond acceptors (Lipinski definition) is 4. The average Bonchev–Trinajstić information content (AvgIpc) is 3.24. The molecule has 1 unspecified atom stereocenters. The molecular weight excluding hydrogens is 409 g/mol. The summed E-state index contributed by atoms with van der Waals surface area (Å²) in [5.41, 5.74) is 1.46. The topological polar surface area (TPSA) is 71.3 Å². The van der Waals surface area contributed by atoms with Crippen LogP contribution in [0, 0.1) is 6.92 Å². The van der Waals surface area contributed by atoms with Gasteiger partial charge in [0.05, 0.1) is 11.5 Å². The minimum Gasteiger partial charge on any atom is -0.420 e. The Balaban J connectivity index is 1.43. The van der Waals surface area contributed by atoms with Crippen LogP contribution in [0.2, 0.25) is 0 Å². The first-order chi connectivity index (χ1) is 14.8. The normalized spacial score (nSPS) is 16.9. The van der Waals surface area contributed by atoms with Crippen molar-refractivity contribution in [2.45, 2.75) is 31.9 Å². The number of alkyl halides is 3. The van der Waals surface area contributed by atoms with E-state index >= 15 is 0 Å². The van der Waals surface area contributed by atoms with Gasteiger partial charge in [0.25, 0.3) is 0 Å². The number of aryl methyl sites for hydroxylation is 1. The van der Waals surface area contributed by atoms with Gasteiger partial charge in [-0.2, -0.15) is 13.2 Å². The van der Waals surface area contributed by atoms with E-state index in [2.05, 4.69) is 15.5 Å². The molecule has 1 saturated heterocycles. The molecule has 1 aliphatic rings. The van der Waals surface area contributed by atoms with Gasteiger partial charge in [0, 0.05) is 24.3 Å². The smallest absolute Gasteiger partial charge is 0.416 e. The molecule has 2 heterocycles. The van der Waals surface area contributed by atoms with Gasteiger partial charge in [-0.25, -0.2) is 4.79 Å². The SMILES string of the molecule is Cc1cccc(NC(=O)N2CCCC(c3nnc(-c4ccc(C(F)(F)F)cc4)o3)C2)c1. The Bertz CT molecular complexity index is 1060. The highest BCUT2D eigenvalue weighted by atomic mass is 19.4. The molecule has 4 rings (SSSR count). The van der Waals surface area contributed by atoms with Crippen molar-refractivity contribution >= 4 is 11.7 Å². The van der Waals surface area contributed by atoms with Crippen LogP contribution in [0.15, 0.2) is 52.9 Å². The van der Waals surface area contributed by atoms with Crippen LogP contribution in [0.5, 0.6) is 0 Å². The van der Waals surface area contributed by atoms with Gasteiger partial charge in [0.1, 0.15) is 0 Å². The summed E-state index contributed by atoms with van der Waals surface area (Å²) >= 11 is 0. The summed E-state index contributed by atoms with van der Waals surface area (Å²) < 4.78 is 44.0. The third kappa shape index (κ3) is 4.87. The predicted octanol–water partition coefficient (Wildman–Crippen LogP) is 5.48. The lowest BCUT2D eigenvalue weighted by atomic mass is 9.98. The maximum Gasteiger partial charge on any atom is 0.416 e. The highest BCUT2D eigenvalue weighted by Crippen LogP contribution is 2.32. The zero-order chi connectivity index (χ0) is 22.0. The Labute approximate surface area is 177 Å². The number of amides is 2. The fourth-order valence-corrected chi connectivity index (χ4v) is 3.61. The van der Waals surface area contributed by atoms with Gasteiger partial charge < -0.3 is 14.6 Å². The van der Waals surface area contributed by atoms with Gasteiger partial charge in [0.2, 0.25) is 11.8 Å². The number of benzene rings is 2.